The van der Waals surface area contributed by atoms with Crippen molar-refractivity contribution in [1.82, 2.24) is 0 Å². The fourth-order valence-corrected chi connectivity index (χ4v) is 2.54. The zero-order valence-corrected chi connectivity index (χ0v) is 11.5. The zero-order valence-electron chi connectivity index (χ0n) is 11.5. The molecule has 0 radical (unpaired) electrons. The molecule has 1 aromatic rings. The number of hydrogen-bond donors (Lipinski definition) is 1. The fraction of sp³-hybridized carbons (Fsp3) is 0.500. The van der Waals surface area contributed by atoms with Crippen LogP contribution in [0.25, 0.3) is 0 Å². The van der Waals surface area contributed by atoms with Gasteiger partial charge >= 0.3 is 5.97 Å². The number of hydrogen-bond acceptors (Lipinski definition) is 4. The smallest absolute Gasteiger partial charge is 0.306 e. The summed E-state index contributed by atoms with van der Waals surface area (Å²) in [6.07, 6.45) is 1.13. The van der Waals surface area contributed by atoms with E-state index in [1.165, 1.54) is 0 Å². The summed E-state index contributed by atoms with van der Waals surface area (Å²) in [5.41, 5.74) is 1.93. The minimum Gasteiger partial charge on any atom is -0.497 e. The van der Waals surface area contributed by atoms with E-state index in [0.717, 1.165) is 17.0 Å². The third-order valence-corrected chi connectivity index (χ3v) is 3.59. The lowest BCUT2D eigenvalue weighted by Crippen LogP contribution is -2.21. The van der Waals surface area contributed by atoms with Gasteiger partial charge in [-0.1, -0.05) is 0 Å². The molecule has 1 atom stereocenters. The van der Waals surface area contributed by atoms with Crippen LogP contribution in [0.1, 0.15) is 12.0 Å². The van der Waals surface area contributed by atoms with Crippen molar-refractivity contribution >= 4 is 11.7 Å². The number of methoxy groups -OCH3 is 2. The molecule has 0 spiro atoms. The van der Waals surface area contributed by atoms with Crippen LogP contribution >= 0.6 is 0 Å². The van der Waals surface area contributed by atoms with E-state index in [9.17, 15) is 9.90 Å². The van der Waals surface area contributed by atoms with Crippen molar-refractivity contribution in [3.8, 4) is 11.5 Å². The van der Waals surface area contributed by atoms with Gasteiger partial charge in [-0.3, -0.25) is 4.79 Å². The maximum Gasteiger partial charge on any atom is 0.306 e. The summed E-state index contributed by atoms with van der Waals surface area (Å²) in [5, 5.41) is 9.25. The molecule has 1 aliphatic rings. The molecule has 19 heavy (non-hydrogen) atoms. The Kier molecular flexibility index (Phi) is 3.83. The van der Waals surface area contributed by atoms with Crippen molar-refractivity contribution in [2.75, 3.05) is 32.7 Å². The number of ether oxygens (including phenoxy) is 2. The van der Waals surface area contributed by atoms with Gasteiger partial charge in [0.25, 0.3) is 0 Å². The molecule has 0 fully saturated rings. The molecule has 5 heteroatoms. The molecule has 0 amide bonds. The minimum absolute atomic E-state index is 0.361. The monoisotopic (exact) mass is 265 g/mol. The highest BCUT2D eigenvalue weighted by Gasteiger charge is 2.27. The van der Waals surface area contributed by atoms with Crippen LogP contribution in [0.2, 0.25) is 0 Å². The fourth-order valence-electron chi connectivity index (χ4n) is 2.54. The Morgan fingerprint density at radius 2 is 2.11 bits per heavy atom. The van der Waals surface area contributed by atoms with Crippen LogP contribution in [0.5, 0.6) is 11.5 Å². The molecule has 1 N–H and O–H groups in total. The van der Waals surface area contributed by atoms with Gasteiger partial charge < -0.3 is 19.5 Å². The summed E-state index contributed by atoms with van der Waals surface area (Å²) in [5.74, 6) is 0.307. The number of carboxylic acids is 1. The van der Waals surface area contributed by atoms with Gasteiger partial charge in [-0.2, -0.15) is 0 Å². The molecular weight excluding hydrogens is 246 g/mol. The minimum atomic E-state index is -0.747. The number of carboxylic acid groups (broad SMARTS) is 1. The molecule has 0 aliphatic carbocycles. The summed E-state index contributed by atoms with van der Waals surface area (Å²) >= 11 is 0. The van der Waals surface area contributed by atoms with Crippen molar-refractivity contribution in [1.29, 1.82) is 0 Å². The molecular formula is C14H19NO4. The summed E-state index contributed by atoms with van der Waals surface area (Å²) in [6, 6.07) is 3.73. The highest BCUT2D eigenvalue weighted by Crippen LogP contribution is 2.39. The lowest BCUT2D eigenvalue weighted by Gasteiger charge is -2.22. The third-order valence-electron chi connectivity index (χ3n) is 3.59. The summed E-state index contributed by atoms with van der Waals surface area (Å²) in [7, 11) is 5.16. The van der Waals surface area contributed by atoms with Gasteiger partial charge in [0.15, 0.2) is 0 Å². The maximum atomic E-state index is 11.3. The maximum absolute atomic E-state index is 11.3. The first-order chi connectivity index (χ1) is 9.06. The lowest BCUT2D eigenvalue weighted by molar-refractivity contribution is -0.141. The van der Waals surface area contributed by atoms with Crippen LogP contribution in [-0.2, 0) is 11.2 Å². The number of fused-ring (bicyclic) bond motifs is 1. The van der Waals surface area contributed by atoms with Gasteiger partial charge in [-0.05, 0) is 24.5 Å². The van der Waals surface area contributed by atoms with Crippen molar-refractivity contribution in [2.45, 2.75) is 12.8 Å². The Labute approximate surface area is 112 Å². The molecule has 1 aliphatic heterocycles. The molecule has 0 saturated heterocycles. The third kappa shape index (κ3) is 2.59. The van der Waals surface area contributed by atoms with Crippen LogP contribution in [0.4, 0.5) is 5.69 Å². The summed E-state index contributed by atoms with van der Waals surface area (Å²) in [4.78, 5) is 13.3. The highest BCUT2D eigenvalue weighted by molar-refractivity contribution is 5.74. The second kappa shape index (κ2) is 5.38. The van der Waals surface area contributed by atoms with E-state index in [-0.39, 0.29) is 5.92 Å². The Morgan fingerprint density at radius 3 is 2.68 bits per heavy atom. The molecule has 0 saturated carbocycles. The lowest BCUT2D eigenvalue weighted by atomic mass is 9.97. The molecule has 0 bridgehead atoms. The van der Waals surface area contributed by atoms with E-state index in [0.29, 0.717) is 25.1 Å². The van der Waals surface area contributed by atoms with Gasteiger partial charge in [-0.25, -0.2) is 0 Å². The molecule has 1 unspecified atom stereocenters. The van der Waals surface area contributed by atoms with Gasteiger partial charge in [0.05, 0.1) is 25.8 Å². The van der Waals surface area contributed by atoms with Crippen molar-refractivity contribution in [3.63, 3.8) is 0 Å². The standard InChI is InChI=1S/C14H19NO4/c1-15-5-4-9(14(16)17)6-10-7-11(18-2)8-12(19-3)13(10)15/h7-9H,4-6H2,1-3H3,(H,16,17). The Balaban J connectivity index is 2.50. The van der Waals surface area contributed by atoms with Gasteiger partial charge in [0, 0.05) is 19.7 Å². The van der Waals surface area contributed by atoms with Crippen LogP contribution in [-0.4, -0.2) is 38.9 Å². The van der Waals surface area contributed by atoms with Crippen molar-refractivity contribution < 1.29 is 19.4 Å². The number of rotatable bonds is 3. The van der Waals surface area contributed by atoms with E-state index in [2.05, 4.69) is 4.90 Å². The largest absolute Gasteiger partial charge is 0.497 e. The molecule has 1 heterocycles. The summed E-state index contributed by atoms with van der Waals surface area (Å²) in [6.45, 7) is 0.701. The van der Waals surface area contributed by atoms with Crippen molar-refractivity contribution in [3.05, 3.63) is 17.7 Å². The SMILES string of the molecule is COc1cc2c(c(OC)c1)N(C)CCC(C(=O)O)C2. The zero-order chi connectivity index (χ0) is 14.0. The van der Waals surface area contributed by atoms with E-state index in [1.807, 2.05) is 19.2 Å². The van der Waals surface area contributed by atoms with Crippen LogP contribution in [0.15, 0.2) is 12.1 Å². The van der Waals surface area contributed by atoms with Gasteiger partial charge in [0.1, 0.15) is 11.5 Å². The molecule has 1 aromatic carbocycles. The highest BCUT2D eigenvalue weighted by atomic mass is 16.5. The number of aliphatic carboxylic acids is 1. The van der Waals surface area contributed by atoms with E-state index in [4.69, 9.17) is 9.47 Å². The van der Waals surface area contributed by atoms with Crippen molar-refractivity contribution in [2.24, 2.45) is 5.92 Å². The van der Waals surface area contributed by atoms with Crippen LogP contribution in [0.3, 0.4) is 0 Å². The molecule has 2 rings (SSSR count). The Morgan fingerprint density at radius 1 is 1.37 bits per heavy atom. The Hall–Kier alpha value is -1.91. The first-order valence-electron chi connectivity index (χ1n) is 6.25. The van der Waals surface area contributed by atoms with Crippen LogP contribution < -0.4 is 14.4 Å². The van der Waals surface area contributed by atoms with Gasteiger partial charge in [-0.15, -0.1) is 0 Å². The molecule has 0 aromatic heterocycles. The number of carbonyl (C=O) groups is 1. The van der Waals surface area contributed by atoms with E-state index < -0.39 is 5.97 Å². The normalized spacial score (nSPS) is 18.5. The average molecular weight is 265 g/mol. The first kappa shape index (κ1) is 13.5. The molecule has 104 valence electrons. The second-order valence-electron chi connectivity index (χ2n) is 4.79. The van der Waals surface area contributed by atoms with E-state index in [1.54, 1.807) is 14.2 Å². The average Bonchev–Trinajstić information content (AvgIpc) is 2.57. The second-order valence-corrected chi connectivity index (χ2v) is 4.79. The van der Waals surface area contributed by atoms with Gasteiger partial charge in [0.2, 0.25) is 0 Å². The first-order valence-corrected chi connectivity index (χ1v) is 6.25. The topological polar surface area (TPSA) is 59.0 Å². The quantitative estimate of drug-likeness (QED) is 0.903. The summed E-state index contributed by atoms with van der Waals surface area (Å²) < 4.78 is 10.7. The number of nitrogens with zero attached hydrogens (tertiary/aromatic N) is 1. The Bertz CT molecular complexity index is 487. The number of anilines is 1. The number of benzene rings is 1. The predicted octanol–water partition coefficient (Wildman–Crippen LogP) is 1.79. The predicted molar refractivity (Wildman–Crippen MR) is 72.3 cm³/mol. The van der Waals surface area contributed by atoms with Crippen LogP contribution in [0, 0.1) is 5.92 Å². The molecule has 5 nitrogen and oxygen atoms in total. The van der Waals surface area contributed by atoms with E-state index >= 15 is 0 Å².